The van der Waals surface area contributed by atoms with Crippen LogP contribution in [0.15, 0.2) is 35.9 Å². The molecular formula is C18H22O3. The first-order valence-corrected chi connectivity index (χ1v) is 7.50. The van der Waals surface area contributed by atoms with Crippen LogP contribution in [0.4, 0.5) is 0 Å². The fraction of sp³-hybridized carbons (Fsp3) is 0.500. The van der Waals surface area contributed by atoms with Crippen LogP contribution in [0.3, 0.4) is 0 Å². The number of fused-ring (bicyclic) bond motifs is 1. The van der Waals surface area contributed by atoms with E-state index in [0.717, 1.165) is 17.6 Å². The van der Waals surface area contributed by atoms with Gasteiger partial charge in [0, 0.05) is 11.5 Å². The maximum atomic E-state index is 12.1. The smallest absolute Gasteiger partial charge is 0.159 e. The summed E-state index contributed by atoms with van der Waals surface area (Å²) < 4.78 is 5.31. The minimum atomic E-state index is -0.631. The second-order valence-corrected chi connectivity index (χ2v) is 6.75. The zero-order valence-corrected chi connectivity index (χ0v) is 12.8. The normalized spacial score (nSPS) is 27.6. The average Bonchev–Trinajstić information content (AvgIpc) is 2.45. The molecule has 112 valence electrons. The molecule has 3 unspecified atom stereocenters. The Morgan fingerprint density at radius 2 is 2.05 bits per heavy atom. The van der Waals surface area contributed by atoms with Crippen molar-refractivity contribution in [3.63, 3.8) is 0 Å². The molecule has 0 amide bonds. The molecule has 3 heteroatoms. The first-order valence-electron chi connectivity index (χ1n) is 7.50. The predicted octanol–water partition coefficient (Wildman–Crippen LogP) is 3.29. The van der Waals surface area contributed by atoms with Gasteiger partial charge in [0.1, 0.15) is 5.75 Å². The first kappa shape index (κ1) is 14.3. The van der Waals surface area contributed by atoms with Gasteiger partial charge in [0.15, 0.2) is 5.78 Å². The van der Waals surface area contributed by atoms with E-state index in [1.54, 1.807) is 13.2 Å². The number of ketones is 1. The van der Waals surface area contributed by atoms with E-state index in [-0.39, 0.29) is 17.1 Å². The molecule has 0 aromatic heterocycles. The summed E-state index contributed by atoms with van der Waals surface area (Å²) in [5, 5.41) is 10.5. The van der Waals surface area contributed by atoms with Crippen molar-refractivity contribution in [2.45, 2.75) is 32.8 Å². The molecule has 3 aliphatic carbocycles. The Morgan fingerprint density at radius 1 is 1.33 bits per heavy atom. The number of para-hydroxylation sites is 1. The molecule has 1 N–H and O–H groups in total. The second-order valence-electron chi connectivity index (χ2n) is 6.75. The lowest BCUT2D eigenvalue weighted by atomic mass is 9.48. The number of methoxy groups -OCH3 is 1. The van der Waals surface area contributed by atoms with Gasteiger partial charge in [-0.15, -0.1) is 0 Å². The average molecular weight is 286 g/mol. The van der Waals surface area contributed by atoms with Gasteiger partial charge in [-0.05, 0) is 36.3 Å². The highest BCUT2D eigenvalue weighted by molar-refractivity contribution is 5.96. The molecule has 4 rings (SSSR count). The molecule has 3 nitrogen and oxygen atoms in total. The van der Waals surface area contributed by atoms with Crippen molar-refractivity contribution in [2.24, 2.45) is 17.3 Å². The van der Waals surface area contributed by atoms with Crippen LogP contribution in [0.1, 0.15) is 38.4 Å². The molecule has 2 bridgehead atoms. The third-order valence-electron chi connectivity index (χ3n) is 5.31. The molecule has 0 heterocycles. The Kier molecular flexibility index (Phi) is 3.40. The van der Waals surface area contributed by atoms with Gasteiger partial charge < -0.3 is 9.84 Å². The number of carbonyl (C=O) groups is 1. The van der Waals surface area contributed by atoms with Gasteiger partial charge in [0.05, 0.1) is 13.2 Å². The lowest BCUT2D eigenvalue weighted by Gasteiger charge is -2.55. The molecule has 1 saturated carbocycles. The van der Waals surface area contributed by atoms with Crippen LogP contribution < -0.4 is 4.74 Å². The fourth-order valence-electron chi connectivity index (χ4n) is 3.90. The number of ether oxygens (including phenoxy) is 1. The van der Waals surface area contributed by atoms with Crippen LogP contribution in [-0.4, -0.2) is 18.0 Å². The second kappa shape index (κ2) is 4.99. The molecule has 0 aliphatic heterocycles. The van der Waals surface area contributed by atoms with E-state index in [2.05, 4.69) is 13.8 Å². The standard InChI is InChI=1S/C18H22O3/c1-18(2)13-10-14(18)16(20)9-11(13)8-15(19)12-6-4-5-7-17(12)21-3/h4-7,9,13-15,19H,8,10H2,1-3H3. The van der Waals surface area contributed by atoms with Gasteiger partial charge >= 0.3 is 0 Å². The zero-order chi connectivity index (χ0) is 15.2. The molecule has 0 saturated heterocycles. The summed E-state index contributed by atoms with van der Waals surface area (Å²) in [7, 11) is 1.61. The summed E-state index contributed by atoms with van der Waals surface area (Å²) in [6.45, 7) is 4.32. The number of hydrogen-bond donors (Lipinski definition) is 1. The van der Waals surface area contributed by atoms with Crippen LogP contribution in [0.25, 0.3) is 0 Å². The lowest BCUT2D eigenvalue weighted by Crippen LogP contribution is -2.52. The van der Waals surface area contributed by atoms with Gasteiger partial charge in [-0.25, -0.2) is 0 Å². The third kappa shape index (κ3) is 2.20. The van der Waals surface area contributed by atoms with Crippen molar-refractivity contribution in [1.82, 2.24) is 0 Å². The summed E-state index contributed by atoms with van der Waals surface area (Å²) in [6.07, 6.45) is 2.58. The monoisotopic (exact) mass is 286 g/mol. The van der Waals surface area contributed by atoms with Gasteiger partial charge in [0.25, 0.3) is 0 Å². The maximum Gasteiger partial charge on any atom is 0.159 e. The summed E-state index contributed by atoms with van der Waals surface area (Å²) >= 11 is 0. The Morgan fingerprint density at radius 3 is 2.67 bits per heavy atom. The summed E-state index contributed by atoms with van der Waals surface area (Å²) in [6, 6.07) is 7.51. The number of hydrogen-bond acceptors (Lipinski definition) is 3. The van der Waals surface area contributed by atoms with Crippen LogP contribution in [-0.2, 0) is 4.79 Å². The largest absolute Gasteiger partial charge is 0.496 e. The van der Waals surface area contributed by atoms with Crippen molar-refractivity contribution in [1.29, 1.82) is 0 Å². The van der Waals surface area contributed by atoms with Crippen molar-refractivity contribution in [2.75, 3.05) is 7.11 Å². The molecule has 0 radical (unpaired) electrons. The van der Waals surface area contributed by atoms with E-state index in [1.165, 1.54) is 0 Å². The number of aliphatic hydroxyl groups is 1. The highest BCUT2D eigenvalue weighted by atomic mass is 16.5. The highest BCUT2D eigenvalue weighted by Crippen LogP contribution is 2.59. The van der Waals surface area contributed by atoms with Crippen LogP contribution in [0.5, 0.6) is 5.75 Å². The molecule has 1 aromatic carbocycles. The topological polar surface area (TPSA) is 46.5 Å². The Labute approximate surface area is 125 Å². The van der Waals surface area contributed by atoms with Crippen molar-refractivity contribution >= 4 is 5.78 Å². The number of allylic oxidation sites excluding steroid dienone is 1. The van der Waals surface area contributed by atoms with Gasteiger partial charge in [-0.2, -0.15) is 0 Å². The third-order valence-corrected chi connectivity index (χ3v) is 5.31. The predicted molar refractivity (Wildman–Crippen MR) is 81.0 cm³/mol. The molecule has 1 aromatic rings. The molecular weight excluding hydrogens is 264 g/mol. The number of benzene rings is 1. The van der Waals surface area contributed by atoms with E-state index in [9.17, 15) is 9.90 Å². The minimum Gasteiger partial charge on any atom is -0.496 e. The minimum absolute atomic E-state index is 0.0433. The Bertz CT molecular complexity index is 600. The highest BCUT2D eigenvalue weighted by Gasteiger charge is 2.55. The van der Waals surface area contributed by atoms with E-state index in [1.807, 2.05) is 24.3 Å². The molecule has 0 spiro atoms. The van der Waals surface area contributed by atoms with Gasteiger partial charge in [-0.3, -0.25) is 4.79 Å². The van der Waals surface area contributed by atoms with Gasteiger partial charge in [0.2, 0.25) is 0 Å². The van der Waals surface area contributed by atoms with Crippen LogP contribution in [0.2, 0.25) is 0 Å². The molecule has 3 aliphatic rings. The molecule has 3 atom stereocenters. The summed E-state index contributed by atoms with van der Waals surface area (Å²) in [5.74, 6) is 1.52. The number of carbonyl (C=O) groups excluding carboxylic acids is 1. The Hall–Kier alpha value is -1.61. The maximum absolute atomic E-state index is 12.1. The van der Waals surface area contributed by atoms with Crippen molar-refractivity contribution in [3.8, 4) is 5.75 Å². The fourth-order valence-corrected chi connectivity index (χ4v) is 3.90. The molecule has 21 heavy (non-hydrogen) atoms. The number of rotatable bonds is 4. The quantitative estimate of drug-likeness (QED) is 0.924. The van der Waals surface area contributed by atoms with Crippen LogP contribution >= 0.6 is 0 Å². The van der Waals surface area contributed by atoms with Crippen molar-refractivity contribution in [3.05, 3.63) is 41.5 Å². The van der Waals surface area contributed by atoms with E-state index in [4.69, 9.17) is 4.74 Å². The van der Waals surface area contributed by atoms with E-state index in [0.29, 0.717) is 18.1 Å². The van der Waals surface area contributed by atoms with E-state index < -0.39 is 6.10 Å². The SMILES string of the molecule is COc1ccccc1C(O)CC1=CC(=O)C2CC1C2(C)C. The van der Waals surface area contributed by atoms with E-state index >= 15 is 0 Å². The first-order chi connectivity index (χ1) is 9.95. The van der Waals surface area contributed by atoms with Crippen LogP contribution in [0, 0.1) is 17.3 Å². The molecule has 1 fully saturated rings. The van der Waals surface area contributed by atoms with Gasteiger partial charge in [-0.1, -0.05) is 37.6 Å². The van der Waals surface area contributed by atoms with Crippen molar-refractivity contribution < 1.29 is 14.6 Å². The summed E-state index contributed by atoms with van der Waals surface area (Å²) in [4.78, 5) is 12.1. The lowest BCUT2D eigenvalue weighted by molar-refractivity contribution is -0.134. The Balaban J connectivity index is 1.82. The summed E-state index contributed by atoms with van der Waals surface area (Å²) in [5.41, 5.74) is 1.92. The zero-order valence-electron chi connectivity index (χ0n) is 12.8. The number of aliphatic hydroxyl groups excluding tert-OH is 1.